The minimum atomic E-state index is -0.325. The second-order valence-corrected chi connectivity index (χ2v) is 10.8. The maximum atomic E-state index is 13.2. The lowest BCUT2D eigenvalue weighted by molar-refractivity contribution is -0.192. The van der Waals surface area contributed by atoms with Gasteiger partial charge in [-0.1, -0.05) is 26.0 Å². The van der Waals surface area contributed by atoms with Gasteiger partial charge in [-0.05, 0) is 83.3 Å². The molecule has 6 rings (SSSR count). The molecule has 4 bridgehead atoms. The Balaban J connectivity index is 1.30. The van der Waals surface area contributed by atoms with Crippen molar-refractivity contribution in [1.29, 1.82) is 0 Å². The van der Waals surface area contributed by atoms with E-state index in [0.29, 0.717) is 17.7 Å². The number of hydrogen-bond acceptors (Lipinski definition) is 5. The Hall–Kier alpha value is -1.69. The van der Waals surface area contributed by atoms with E-state index in [1.54, 1.807) is 0 Å². The van der Waals surface area contributed by atoms with Crippen LogP contribution < -0.4 is 0 Å². The van der Waals surface area contributed by atoms with Crippen molar-refractivity contribution in [2.75, 3.05) is 0 Å². The topological polar surface area (TPSA) is 65.2 Å². The zero-order valence-corrected chi connectivity index (χ0v) is 17.9. The van der Waals surface area contributed by atoms with Gasteiger partial charge in [0.15, 0.2) is 6.61 Å². The van der Waals surface area contributed by atoms with Crippen LogP contribution in [0.5, 0.6) is 0 Å². The van der Waals surface area contributed by atoms with Gasteiger partial charge in [0.05, 0.1) is 11.0 Å². The molecule has 0 amide bonds. The van der Waals surface area contributed by atoms with Crippen molar-refractivity contribution < 1.29 is 13.9 Å². The maximum absolute atomic E-state index is 13.2. The van der Waals surface area contributed by atoms with E-state index in [1.807, 2.05) is 24.3 Å². The molecule has 1 heterocycles. The molecule has 4 aliphatic rings. The van der Waals surface area contributed by atoms with E-state index in [0.717, 1.165) is 29.3 Å². The normalized spacial score (nSPS) is 35.9. The summed E-state index contributed by atoms with van der Waals surface area (Å²) < 4.78 is 12.4. The van der Waals surface area contributed by atoms with Gasteiger partial charge >= 0.3 is 5.97 Å². The Bertz CT molecular complexity index is 921. The van der Waals surface area contributed by atoms with E-state index in [1.165, 1.54) is 19.3 Å². The van der Waals surface area contributed by atoms with E-state index >= 15 is 0 Å². The highest BCUT2D eigenvalue weighted by Crippen LogP contribution is 2.69. The first kappa shape index (κ1) is 18.3. The highest BCUT2D eigenvalue weighted by atomic mass is 79.9. The number of halogens is 1. The number of nitrogens with zero attached hydrogens (tertiary/aromatic N) is 2. The molecule has 1 aromatic carbocycles. The van der Waals surface area contributed by atoms with Gasteiger partial charge in [-0.25, -0.2) is 0 Å². The molecule has 6 heteroatoms. The molecule has 1 aromatic heterocycles. The molecule has 0 radical (unpaired) electrons. The Morgan fingerprint density at radius 2 is 1.86 bits per heavy atom. The van der Waals surface area contributed by atoms with Crippen LogP contribution in [0.25, 0.3) is 11.5 Å². The molecule has 0 spiro atoms. The number of esters is 1. The SMILES string of the molecule is CC12CC3CC(C)(C1)CC(C(=O)OCc1nnc(-c4ccccc4Br)o1)(C3)C2. The van der Waals surface area contributed by atoms with Gasteiger partial charge in [0.1, 0.15) is 0 Å². The van der Waals surface area contributed by atoms with E-state index in [2.05, 4.69) is 40.0 Å². The molecule has 0 N–H and O–H groups in total. The fourth-order valence-corrected chi connectivity index (χ4v) is 7.47. The fourth-order valence-electron chi connectivity index (χ4n) is 7.01. The average Bonchev–Trinajstić information content (AvgIpc) is 3.05. The van der Waals surface area contributed by atoms with Crippen molar-refractivity contribution in [3.8, 4) is 11.5 Å². The number of carbonyl (C=O) groups is 1. The summed E-state index contributed by atoms with van der Waals surface area (Å²) in [5.41, 5.74) is 1.07. The second kappa shape index (κ2) is 6.15. The standard InChI is InChI=1S/C22H25BrN2O3/c1-20-7-14-8-21(2,11-20)13-22(9-14,12-20)19(26)27-10-17-24-25-18(28-17)15-5-3-4-6-16(15)23/h3-6,14H,7-13H2,1-2H3. The quantitative estimate of drug-likeness (QED) is 0.579. The van der Waals surface area contributed by atoms with Crippen LogP contribution in [0.3, 0.4) is 0 Å². The van der Waals surface area contributed by atoms with Gasteiger partial charge in [0, 0.05) is 4.47 Å². The zero-order valence-electron chi connectivity index (χ0n) is 16.3. The lowest BCUT2D eigenvalue weighted by Gasteiger charge is -2.64. The summed E-state index contributed by atoms with van der Waals surface area (Å²) in [6.07, 6.45) is 6.65. The van der Waals surface area contributed by atoms with Crippen LogP contribution in [0.4, 0.5) is 0 Å². The number of ether oxygens (including phenoxy) is 1. The van der Waals surface area contributed by atoms with Crippen molar-refractivity contribution in [1.82, 2.24) is 10.2 Å². The lowest BCUT2D eigenvalue weighted by atomic mass is 9.40. The highest BCUT2D eigenvalue weighted by molar-refractivity contribution is 9.10. The summed E-state index contributed by atoms with van der Waals surface area (Å²) in [4.78, 5) is 13.2. The minimum absolute atomic E-state index is 0.0378. The van der Waals surface area contributed by atoms with Crippen LogP contribution in [0, 0.1) is 22.2 Å². The number of benzene rings is 1. The Kier molecular flexibility index (Phi) is 4.03. The summed E-state index contributed by atoms with van der Waals surface area (Å²) in [5.74, 6) is 1.34. The van der Waals surface area contributed by atoms with Gasteiger partial charge in [0.25, 0.3) is 5.89 Å². The molecule has 4 saturated carbocycles. The van der Waals surface area contributed by atoms with Crippen molar-refractivity contribution in [2.24, 2.45) is 22.2 Å². The van der Waals surface area contributed by atoms with E-state index in [-0.39, 0.29) is 28.8 Å². The monoisotopic (exact) mass is 444 g/mol. The molecule has 0 aliphatic heterocycles. The van der Waals surface area contributed by atoms with E-state index in [9.17, 15) is 4.79 Å². The molecular formula is C22H25BrN2O3. The fraction of sp³-hybridized carbons (Fsp3) is 0.591. The molecular weight excluding hydrogens is 420 g/mol. The smallest absolute Gasteiger partial charge is 0.312 e. The molecule has 28 heavy (non-hydrogen) atoms. The van der Waals surface area contributed by atoms with E-state index < -0.39 is 0 Å². The van der Waals surface area contributed by atoms with Gasteiger partial charge < -0.3 is 9.15 Å². The largest absolute Gasteiger partial charge is 0.455 e. The van der Waals surface area contributed by atoms with Crippen molar-refractivity contribution >= 4 is 21.9 Å². The van der Waals surface area contributed by atoms with Gasteiger partial charge in [-0.15, -0.1) is 10.2 Å². The Labute approximate surface area is 173 Å². The number of hydrogen-bond donors (Lipinski definition) is 0. The maximum Gasteiger partial charge on any atom is 0.312 e. The van der Waals surface area contributed by atoms with Gasteiger partial charge in [-0.3, -0.25) is 4.79 Å². The Morgan fingerprint density at radius 1 is 1.14 bits per heavy atom. The minimum Gasteiger partial charge on any atom is -0.455 e. The van der Waals surface area contributed by atoms with Crippen LogP contribution >= 0.6 is 15.9 Å². The average molecular weight is 445 g/mol. The third-order valence-corrected chi connectivity index (χ3v) is 7.65. The third-order valence-electron chi connectivity index (χ3n) is 6.96. The predicted octanol–water partition coefficient (Wildman–Crippen LogP) is 5.54. The van der Waals surface area contributed by atoms with Crippen LogP contribution in [-0.2, 0) is 16.1 Å². The summed E-state index contributed by atoms with van der Waals surface area (Å²) in [5, 5.41) is 8.17. The summed E-state index contributed by atoms with van der Waals surface area (Å²) in [6, 6.07) is 7.68. The predicted molar refractivity (Wildman–Crippen MR) is 107 cm³/mol. The molecule has 5 nitrogen and oxygen atoms in total. The third kappa shape index (κ3) is 3.00. The molecule has 148 valence electrons. The molecule has 2 atom stereocenters. The molecule has 2 unspecified atom stereocenters. The van der Waals surface area contributed by atoms with Gasteiger partial charge in [0.2, 0.25) is 5.89 Å². The molecule has 2 aromatic rings. The first-order valence-corrected chi connectivity index (χ1v) is 10.8. The van der Waals surface area contributed by atoms with Crippen LogP contribution in [0.2, 0.25) is 0 Å². The van der Waals surface area contributed by atoms with Crippen molar-refractivity contribution in [3.05, 3.63) is 34.6 Å². The van der Waals surface area contributed by atoms with Crippen molar-refractivity contribution in [2.45, 2.75) is 59.0 Å². The highest BCUT2D eigenvalue weighted by Gasteiger charge is 2.63. The summed E-state index contributed by atoms with van der Waals surface area (Å²) in [6.45, 7) is 4.76. The van der Waals surface area contributed by atoms with Crippen LogP contribution in [0.1, 0.15) is 58.3 Å². The lowest BCUT2D eigenvalue weighted by Crippen LogP contribution is -2.58. The molecule has 4 fully saturated rings. The summed E-state index contributed by atoms with van der Waals surface area (Å²) in [7, 11) is 0. The Morgan fingerprint density at radius 3 is 2.54 bits per heavy atom. The molecule has 4 aliphatic carbocycles. The summed E-state index contributed by atoms with van der Waals surface area (Å²) >= 11 is 3.49. The van der Waals surface area contributed by atoms with Crippen LogP contribution in [-0.4, -0.2) is 16.2 Å². The van der Waals surface area contributed by atoms with Crippen LogP contribution in [0.15, 0.2) is 33.2 Å². The van der Waals surface area contributed by atoms with Crippen molar-refractivity contribution in [3.63, 3.8) is 0 Å². The van der Waals surface area contributed by atoms with E-state index in [4.69, 9.17) is 9.15 Å². The molecule has 0 saturated heterocycles. The number of aromatic nitrogens is 2. The number of carbonyl (C=O) groups excluding carboxylic acids is 1. The first-order valence-electron chi connectivity index (χ1n) is 10.0. The van der Waals surface area contributed by atoms with Gasteiger partial charge in [-0.2, -0.15) is 0 Å². The number of rotatable bonds is 4. The zero-order chi connectivity index (χ0) is 19.6. The first-order chi connectivity index (χ1) is 13.3. The second-order valence-electron chi connectivity index (χ2n) is 9.97.